The summed E-state index contributed by atoms with van der Waals surface area (Å²) in [6.45, 7) is 5.08. The molecule has 1 saturated heterocycles. The molecule has 10 heteroatoms. The predicted octanol–water partition coefficient (Wildman–Crippen LogP) is 2.88. The molecule has 182 valence electrons. The Kier molecular flexibility index (Phi) is 9.27. The molecule has 8 nitrogen and oxygen atoms in total. The van der Waals surface area contributed by atoms with Gasteiger partial charge in [-0.2, -0.15) is 0 Å². The van der Waals surface area contributed by atoms with Gasteiger partial charge in [-0.25, -0.2) is 13.1 Å². The highest BCUT2D eigenvalue weighted by Crippen LogP contribution is 2.29. The molecular formula is C23H33N3O5S2. The summed E-state index contributed by atoms with van der Waals surface area (Å²) in [7, 11) is -0.971. The Morgan fingerprint density at radius 3 is 2.64 bits per heavy atom. The summed E-state index contributed by atoms with van der Waals surface area (Å²) in [6.07, 6.45) is 2.29. The van der Waals surface area contributed by atoms with Crippen LogP contribution in [0.4, 0.5) is 0 Å². The van der Waals surface area contributed by atoms with Crippen LogP contribution in [-0.4, -0.2) is 66.2 Å². The number of nitrogens with one attached hydrogen (secondary N) is 2. The van der Waals surface area contributed by atoms with Gasteiger partial charge in [-0.15, -0.1) is 11.3 Å². The van der Waals surface area contributed by atoms with Crippen molar-refractivity contribution in [3.8, 4) is 5.75 Å². The Morgan fingerprint density at radius 2 is 2.00 bits per heavy atom. The maximum absolute atomic E-state index is 13.0. The summed E-state index contributed by atoms with van der Waals surface area (Å²) in [5, 5.41) is 5.06. The van der Waals surface area contributed by atoms with Crippen molar-refractivity contribution in [3.05, 3.63) is 46.2 Å². The van der Waals surface area contributed by atoms with Gasteiger partial charge in [0.1, 0.15) is 10.6 Å². The van der Waals surface area contributed by atoms with Crippen molar-refractivity contribution in [2.45, 2.75) is 30.7 Å². The van der Waals surface area contributed by atoms with E-state index in [9.17, 15) is 13.2 Å². The van der Waals surface area contributed by atoms with E-state index in [0.717, 1.165) is 31.8 Å². The van der Waals surface area contributed by atoms with E-state index in [4.69, 9.17) is 9.47 Å². The number of ether oxygens (including phenoxy) is 2. The van der Waals surface area contributed by atoms with Gasteiger partial charge in [-0.1, -0.05) is 13.0 Å². The molecule has 1 aliphatic rings. The Bertz CT molecular complexity index is 1000. The average molecular weight is 496 g/mol. The van der Waals surface area contributed by atoms with E-state index in [-0.39, 0.29) is 41.3 Å². The van der Waals surface area contributed by atoms with E-state index in [1.165, 1.54) is 31.2 Å². The summed E-state index contributed by atoms with van der Waals surface area (Å²) < 4.78 is 38.1. The molecule has 1 amide bonds. The molecule has 1 aliphatic heterocycles. The number of carbonyl (C=O) groups is 1. The minimum atomic E-state index is -3.86. The first-order valence-corrected chi connectivity index (χ1v) is 13.4. The largest absolute Gasteiger partial charge is 0.495 e. The van der Waals surface area contributed by atoms with Crippen molar-refractivity contribution in [3.63, 3.8) is 0 Å². The number of amides is 1. The zero-order valence-corrected chi connectivity index (χ0v) is 21.0. The van der Waals surface area contributed by atoms with Gasteiger partial charge in [-0.3, -0.25) is 9.69 Å². The van der Waals surface area contributed by atoms with Crippen molar-refractivity contribution < 1.29 is 22.7 Å². The van der Waals surface area contributed by atoms with Gasteiger partial charge in [-0.05, 0) is 61.5 Å². The fraction of sp³-hybridized carbons (Fsp3) is 0.522. The second-order valence-electron chi connectivity index (χ2n) is 8.22. The van der Waals surface area contributed by atoms with Crippen LogP contribution >= 0.6 is 11.3 Å². The lowest BCUT2D eigenvalue weighted by atomic mass is 9.97. The van der Waals surface area contributed by atoms with Crippen LogP contribution in [0.25, 0.3) is 0 Å². The van der Waals surface area contributed by atoms with E-state index in [1.54, 1.807) is 17.4 Å². The molecule has 2 aromatic rings. The Hall–Kier alpha value is -1.98. The van der Waals surface area contributed by atoms with Crippen LogP contribution in [0.15, 0.2) is 40.6 Å². The number of likely N-dealkylation sites (tertiary alicyclic amines) is 1. The lowest BCUT2D eigenvalue weighted by Crippen LogP contribution is -2.41. The van der Waals surface area contributed by atoms with Crippen molar-refractivity contribution in [2.75, 3.05) is 47.0 Å². The average Bonchev–Trinajstić information content (AvgIpc) is 3.34. The number of sulfonamides is 1. The van der Waals surface area contributed by atoms with E-state index in [1.807, 2.05) is 11.4 Å². The second-order valence-corrected chi connectivity index (χ2v) is 10.9. The van der Waals surface area contributed by atoms with E-state index in [0.29, 0.717) is 6.54 Å². The van der Waals surface area contributed by atoms with Crippen LogP contribution in [0.2, 0.25) is 0 Å². The highest BCUT2D eigenvalue weighted by molar-refractivity contribution is 7.89. The van der Waals surface area contributed by atoms with Crippen LogP contribution in [0.5, 0.6) is 5.75 Å². The van der Waals surface area contributed by atoms with Crippen LogP contribution in [0, 0.1) is 5.92 Å². The molecule has 0 bridgehead atoms. The topological polar surface area (TPSA) is 97.0 Å². The molecule has 0 radical (unpaired) electrons. The molecule has 0 spiro atoms. The number of hydrogen-bond donors (Lipinski definition) is 2. The van der Waals surface area contributed by atoms with Crippen molar-refractivity contribution >= 4 is 27.3 Å². The fourth-order valence-electron chi connectivity index (χ4n) is 3.91. The molecule has 1 unspecified atom stereocenters. The molecule has 2 N–H and O–H groups in total. The molecule has 1 aromatic heterocycles. The minimum absolute atomic E-state index is 0.0754. The van der Waals surface area contributed by atoms with Crippen molar-refractivity contribution in [1.82, 2.24) is 14.9 Å². The van der Waals surface area contributed by atoms with Gasteiger partial charge < -0.3 is 14.8 Å². The minimum Gasteiger partial charge on any atom is -0.495 e. The van der Waals surface area contributed by atoms with E-state index in [2.05, 4.69) is 27.9 Å². The number of rotatable bonds is 11. The Balaban J connectivity index is 1.74. The standard InChI is InChI=1S/C23H33N3O5S2/c1-17-8-11-26(12-9-17)19(21-5-4-14-32-21)16-24-23(27)18-6-7-20(31-3)22(15-18)33(28,29)25-10-13-30-2/h4-7,14-15,17,19,25H,8-13,16H2,1-3H3,(H,24,27). The molecule has 0 saturated carbocycles. The highest BCUT2D eigenvalue weighted by atomic mass is 32.2. The number of thiophene rings is 1. The van der Waals surface area contributed by atoms with Crippen molar-refractivity contribution in [2.24, 2.45) is 5.92 Å². The first-order valence-electron chi connectivity index (χ1n) is 11.1. The molecule has 2 heterocycles. The zero-order chi connectivity index (χ0) is 23.8. The van der Waals surface area contributed by atoms with Gasteiger partial charge in [0.25, 0.3) is 5.91 Å². The van der Waals surface area contributed by atoms with E-state index < -0.39 is 10.0 Å². The maximum atomic E-state index is 13.0. The first-order chi connectivity index (χ1) is 15.9. The SMILES string of the molecule is COCCNS(=O)(=O)c1cc(C(=O)NCC(c2cccs2)N2CCC(C)CC2)ccc1OC. The second kappa shape index (κ2) is 11.9. The molecule has 1 atom stereocenters. The summed E-state index contributed by atoms with van der Waals surface area (Å²) in [5.41, 5.74) is 0.264. The van der Waals surface area contributed by atoms with Gasteiger partial charge in [0.15, 0.2) is 0 Å². The number of nitrogens with zero attached hydrogens (tertiary/aromatic N) is 1. The quantitative estimate of drug-likeness (QED) is 0.466. The maximum Gasteiger partial charge on any atom is 0.251 e. The smallest absolute Gasteiger partial charge is 0.251 e. The molecular weight excluding hydrogens is 462 g/mol. The lowest BCUT2D eigenvalue weighted by molar-refractivity contribution is 0.0914. The number of piperidine rings is 1. The predicted molar refractivity (Wildman–Crippen MR) is 129 cm³/mol. The van der Waals surface area contributed by atoms with Crippen molar-refractivity contribution in [1.29, 1.82) is 0 Å². The molecule has 0 aliphatic carbocycles. The summed E-state index contributed by atoms with van der Waals surface area (Å²) in [4.78, 5) is 16.6. The molecule has 33 heavy (non-hydrogen) atoms. The van der Waals surface area contributed by atoms with Crippen LogP contribution in [0.3, 0.4) is 0 Å². The summed E-state index contributed by atoms with van der Waals surface area (Å²) in [6, 6.07) is 8.65. The van der Waals surface area contributed by atoms with Crippen LogP contribution in [0.1, 0.15) is 41.0 Å². The Labute approximate surface area is 200 Å². The van der Waals surface area contributed by atoms with Crippen LogP contribution in [-0.2, 0) is 14.8 Å². The highest BCUT2D eigenvalue weighted by Gasteiger charge is 2.26. The molecule has 3 rings (SSSR count). The van der Waals surface area contributed by atoms with Gasteiger partial charge in [0.05, 0.1) is 19.8 Å². The monoisotopic (exact) mass is 495 g/mol. The third kappa shape index (κ3) is 6.77. The van der Waals surface area contributed by atoms with Gasteiger partial charge in [0, 0.05) is 30.6 Å². The molecule has 1 fully saturated rings. The first kappa shape index (κ1) is 25.6. The summed E-state index contributed by atoms with van der Waals surface area (Å²) >= 11 is 1.69. The normalized spacial score (nSPS) is 16.5. The summed E-state index contributed by atoms with van der Waals surface area (Å²) in [5.74, 6) is 0.574. The number of methoxy groups -OCH3 is 2. The molecule has 1 aromatic carbocycles. The van der Waals surface area contributed by atoms with Gasteiger partial charge >= 0.3 is 0 Å². The lowest BCUT2D eigenvalue weighted by Gasteiger charge is -2.36. The zero-order valence-electron chi connectivity index (χ0n) is 19.4. The third-order valence-electron chi connectivity index (χ3n) is 5.90. The van der Waals surface area contributed by atoms with E-state index >= 15 is 0 Å². The fourth-order valence-corrected chi connectivity index (χ4v) is 5.97. The number of carbonyl (C=O) groups excluding carboxylic acids is 1. The number of hydrogen-bond acceptors (Lipinski definition) is 7. The number of benzene rings is 1. The van der Waals surface area contributed by atoms with Crippen LogP contribution < -0.4 is 14.8 Å². The third-order valence-corrected chi connectivity index (χ3v) is 8.36. The van der Waals surface area contributed by atoms with Gasteiger partial charge in [0.2, 0.25) is 10.0 Å². The Morgan fingerprint density at radius 1 is 1.24 bits per heavy atom.